The second-order valence-corrected chi connectivity index (χ2v) is 8.04. The molecule has 5 heteroatoms. The molecule has 2 aromatic rings. The molecule has 2 aromatic heterocycles. The van der Waals surface area contributed by atoms with Gasteiger partial charge in [0.1, 0.15) is 0 Å². The van der Waals surface area contributed by atoms with Crippen LogP contribution in [0.3, 0.4) is 0 Å². The third-order valence-electron chi connectivity index (χ3n) is 5.31. The van der Waals surface area contributed by atoms with Gasteiger partial charge in [0.15, 0.2) is 0 Å². The van der Waals surface area contributed by atoms with Gasteiger partial charge in [0.25, 0.3) is 0 Å². The molecule has 24 heavy (non-hydrogen) atoms. The zero-order valence-corrected chi connectivity index (χ0v) is 14.7. The van der Waals surface area contributed by atoms with Crippen molar-refractivity contribution >= 4 is 17.2 Å². The van der Waals surface area contributed by atoms with E-state index in [1.807, 2.05) is 17.2 Å². The maximum atomic E-state index is 13.1. The molecule has 4 rings (SSSR count). The predicted molar refractivity (Wildman–Crippen MR) is 95.5 cm³/mol. The van der Waals surface area contributed by atoms with Crippen LogP contribution < -0.4 is 0 Å². The number of nitrogens with zero attached hydrogens (tertiary/aromatic N) is 3. The van der Waals surface area contributed by atoms with Crippen molar-refractivity contribution in [3.8, 4) is 0 Å². The molecule has 1 spiro atoms. The summed E-state index contributed by atoms with van der Waals surface area (Å²) in [4.78, 5) is 23.2. The molecule has 4 nitrogen and oxygen atoms in total. The van der Waals surface area contributed by atoms with Crippen LogP contribution >= 0.6 is 11.3 Å². The zero-order valence-electron chi connectivity index (χ0n) is 13.9. The Morgan fingerprint density at radius 1 is 1.17 bits per heavy atom. The lowest BCUT2D eigenvalue weighted by molar-refractivity contribution is -0.139. The molecule has 2 aliphatic heterocycles. The summed E-state index contributed by atoms with van der Waals surface area (Å²) in [5, 5.41) is 2.13. The van der Waals surface area contributed by atoms with Gasteiger partial charge >= 0.3 is 0 Å². The fourth-order valence-electron chi connectivity index (χ4n) is 4.12. The number of likely N-dealkylation sites (tertiary alicyclic amines) is 2. The minimum Gasteiger partial charge on any atom is -0.338 e. The van der Waals surface area contributed by atoms with Crippen molar-refractivity contribution in [2.75, 3.05) is 19.6 Å². The van der Waals surface area contributed by atoms with Gasteiger partial charge < -0.3 is 4.90 Å². The van der Waals surface area contributed by atoms with E-state index in [4.69, 9.17) is 0 Å². The summed E-state index contributed by atoms with van der Waals surface area (Å²) in [6.45, 7) is 4.57. The first-order valence-corrected chi connectivity index (χ1v) is 9.56. The number of amides is 1. The fourth-order valence-corrected chi connectivity index (χ4v) is 4.87. The number of pyridine rings is 1. The SMILES string of the molecule is O=C1N(Cc2cccnc2)CC[C@@]12CCCN(Cc1cccs1)C2. The van der Waals surface area contributed by atoms with Crippen LogP contribution in [0.2, 0.25) is 0 Å². The molecule has 2 saturated heterocycles. The summed E-state index contributed by atoms with van der Waals surface area (Å²) in [5.41, 5.74) is 0.965. The lowest BCUT2D eigenvalue weighted by Gasteiger charge is -2.38. The average Bonchev–Trinajstić information content (AvgIpc) is 3.21. The van der Waals surface area contributed by atoms with E-state index in [2.05, 4.69) is 33.5 Å². The summed E-state index contributed by atoms with van der Waals surface area (Å²) >= 11 is 1.81. The van der Waals surface area contributed by atoms with Gasteiger partial charge in [-0.25, -0.2) is 0 Å². The van der Waals surface area contributed by atoms with Gasteiger partial charge in [-0.05, 0) is 48.9 Å². The van der Waals surface area contributed by atoms with Crippen molar-refractivity contribution in [3.05, 3.63) is 52.5 Å². The average molecular weight is 341 g/mol. The van der Waals surface area contributed by atoms with E-state index in [9.17, 15) is 4.79 Å². The van der Waals surface area contributed by atoms with Gasteiger partial charge in [0, 0.05) is 43.4 Å². The minimum atomic E-state index is -0.155. The Morgan fingerprint density at radius 3 is 2.92 bits per heavy atom. The predicted octanol–water partition coefficient (Wildman–Crippen LogP) is 3.16. The van der Waals surface area contributed by atoms with E-state index in [1.165, 1.54) is 4.88 Å². The van der Waals surface area contributed by atoms with Crippen LogP contribution in [0.5, 0.6) is 0 Å². The first kappa shape index (κ1) is 15.8. The standard InChI is InChI=1S/C19H23N3OS/c23-18-19(7-10-22(18)13-16-4-1-8-20-12-16)6-3-9-21(15-19)14-17-5-2-11-24-17/h1-2,4-5,8,11-12H,3,6-7,9-10,13-15H2/t19-/m1/s1. The molecule has 2 fully saturated rings. The molecular formula is C19H23N3OS. The van der Waals surface area contributed by atoms with Gasteiger partial charge in [-0.2, -0.15) is 0 Å². The maximum Gasteiger partial charge on any atom is 0.230 e. The van der Waals surface area contributed by atoms with Crippen LogP contribution in [0.15, 0.2) is 42.0 Å². The van der Waals surface area contributed by atoms with E-state index >= 15 is 0 Å². The van der Waals surface area contributed by atoms with Gasteiger partial charge in [-0.15, -0.1) is 11.3 Å². The van der Waals surface area contributed by atoms with Crippen molar-refractivity contribution in [3.63, 3.8) is 0 Å². The van der Waals surface area contributed by atoms with E-state index < -0.39 is 0 Å². The quantitative estimate of drug-likeness (QED) is 0.857. The Kier molecular flexibility index (Phi) is 4.37. The van der Waals surface area contributed by atoms with Crippen molar-refractivity contribution in [2.45, 2.75) is 32.4 Å². The Labute approximate surface area is 147 Å². The summed E-state index contributed by atoms with van der Waals surface area (Å²) in [6.07, 6.45) is 6.80. The van der Waals surface area contributed by atoms with E-state index in [-0.39, 0.29) is 5.41 Å². The van der Waals surface area contributed by atoms with Crippen molar-refractivity contribution in [1.82, 2.24) is 14.8 Å². The number of piperidine rings is 1. The van der Waals surface area contributed by atoms with E-state index in [0.717, 1.165) is 51.0 Å². The third-order valence-corrected chi connectivity index (χ3v) is 6.17. The van der Waals surface area contributed by atoms with Gasteiger partial charge in [-0.1, -0.05) is 12.1 Å². The Hall–Kier alpha value is -1.72. The zero-order chi connectivity index (χ0) is 16.4. The second-order valence-electron chi connectivity index (χ2n) is 7.01. The number of thiophene rings is 1. The van der Waals surface area contributed by atoms with Crippen LogP contribution in [0.1, 0.15) is 29.7 Å². The first-order chi connectivity index (χ1) is 11.8. The summed E-state index contributed by atoms with van der Waals surface area (Å²) in [5.74, 6) is 0.349. The van der Waals surface area contributed by atoms with E-state index in [1.54, 1.807) is 17.5 Å². The molecule has 1 amide bonds. The van der Waals surface area contributed by atoms with Crippen molar-refractivity contribution in [1.29, 1.82) is 0 Å². The summed E-state index contributed by atoms with van der Waals surface area (Å²) in [6, 6.07) is 8.29. The van der Waals surface area contributed by atoms with Crippen LogP contribution in [0.25, 0.3) is 0 Å². The minimum absolute atomic E-state index is 0.155. The lowest BCUT2D eigenvalue weighted by Crippen LogP contribution is -2.47. The highest BCUT2D eigenvalue weighted by molar-refractivity contribution is 7.09. The molecule has 0 bridgehead atoms. The van der Waals surface area contributed by atoms with Crippen molar-refractivity contribution < 1.29 is 4.79 Å². The molecule has 0 unspecified atom stereocenters. The molecule has 4 heterocycles. The number of carbonyl (C=O) groups excluding carboxylic acids is 1. The maximum absolute atomic E-state index is 13.1. The van der Waals surface area contributed by atoms with Crippen LogP contribution in [-0.2, 0) is 17.9 Å². The molecule has 0 N–H and O–H groups in total. The monoisotopic (exact) mass is 341 g/mol. The molecule has 0 aromatic carbocycles. The normalized spacial score (nSPS) is 24.8. The van der Waals surface area contributed by atoms with Gasteiger partial charge in [-0.3, -0.25) is 14.7 Å². The largest absolute Gasteiger partial charge is 0.338 e. The Bertz CT molecular complexity index is 688. The van der Waals surface area contributed by atoms with Gasteiger partial charge in [0.05, 0.1) is 5.41 Å². The highest BCUT2D eigenvalue weighted by Gasteiger charge is 2.48. The molecule has 0 radical (unpaired) electrons. The molecule has 0 aliphatic carbocycles. The number of hydrogen-bond donors (Lipinski definition) is 0. The molecule has 2 aliphatic rings. The first-order valence-electron chi connectivity index (χ1n) is 8.68. The fraction of sp³-hybridized carbons (Fsp3) is 0.474. The summed E-state index contributed by atoms with van der Waals surface area (Å²) in [7, 11) is 0. The molecule has 0 saturated carbocycles. The number of hydrogen-bond acceptors (Lipinski definition) is 4. The number of rotatable bonds is 4. The highest BCUT2D eigenvalue weighted by Crippen LogP contribution is 2.41. The Balaban J connectivity index is 1.44. The van der Waals surface area contributed by atoms with Crippen LogP contribution in [0, 0.1) is 5.41 Å². The molecule has 1 atom stereocenters. The van der Waals surface area contributed by atoms with Gasteiger partial charge in [0.2, 0.25) is 5.91 Å². The smallest absolute Gasteiger partial charge is 0.230 e. The lowest BCUT2D eigenvalue weighted by atomic mass is 9.78. The molecular weight excluding hydrogens is 318 g/mol. The summed E-state index contributed by atoms with van der Waals surface area (Å²) < 4.78 is 0. The third kappa shape index (κ3) is 3.10. The number of aromatic nitrogens is 1. The van der Waals surface area contributed by atoms with E-state index in [0.29, 0.717) is 12.5 Å². The second kappa shape index (κ2) is 6.65. The highest BCUT2D eigenvalue weighted by atomic mass is 32.1. The molecule has 126 valence electrons. The Morgan fingerprint density at radius 2 is 2.12 bits per heavy atom. The van der Waals surface area contributed by atoms with Crippen LogP contribution in [-0.4, -0.2) is 40.3 Å². The topological polar surface area (TPSA) is 36.4 Å². The van der Waals surface area contributed by atoms with Crippen molar-refractivity contribution in [2.24, 2.45) is 5.41 Å². The number of carbonyl (C=O) groups is 1. The van der Waals surface area contributed by atoms with Crippen LogP contribution in [0.4, 0.5) is 0 Å².